The molecule has 0 saturated heterocycles. The summed E-state index contributed by atoms with van der Waals surface area (Å²) in [5.41, 5.74) is 4.46. The highest BCUT2D eigenvalue weighted by atomic mass is 32.1. The van der Waals surface area contributed by atoms with Gasteiger partial charge in [-0.05, 0) is 17.5 Å². The van der Waals surface area contributed by atoms with Crippen LogP contribution < -0.4 is 0 Å². The van der Waals surface area contributed by atoms with Crippen molar-refractivity contribution in [2.24, 2.45) is 0 Å². The Morgan fingerprint density at radius 3 is 2.65 bits per heavy atom. The van der Waals surface area contributed by atoms with Crippen molar-refractivity contribution in [2.75, 3.05) is 0 Å². The summed E-state index contributed by atoms with van der Waals surface area (Å²) in [5, 5.41) is 18.1. The van der Waals surface area contributed by atoms with E-state index in [1.807, 2.05) is 53.9 Å². The maximum absolute atomic E-state index is 4.36. The molecular formula is C15H10N4S. The van der Waals surface area contributed by atoms with Crippen molar-refractivity contribution in [1.29, 1.82) is 0 Å². The van der Waals surface area contributed by atoms with Gasteiger partial charge in [-0.25, -0.2) is 0 Å². The van der Waals surface area contributed by atoms with E-state index in [4.69, 9.17) is 0 Å². The summed E-state index contributed by atoms with van der Waals surface area (Å²) >= 11 is 1.65. The predicted molar refractivity (Wildman–Crippen MR) is 80.4 cm³/mol. The lowest BCUT2D eigenvalue weighted by Crippen LogP contribution is -1.87. The van der Waals surface area contributed by atoms with Gasteiger partial charge in [0.1, 0.15) is 16.9 Å². The van der Waals surface area contributed by atoms with Crippen LogP contribution in [0.1, 0.15) is 0 Å². The highest BCUT2D eigenvalue weighted by molar-refractivity contribution is 7.13. The Kier molecular flexibility index (Phi) is 2.57. The van der Waals surface area contributed by atoms with E-state index in [0.717, 1.165) is 32.9 Å². The Morgan fingerprint density at radius 2 is 1.85 bits per heavy atom. The van der Waals surface area contributed by atoms with Crippen LogP contribution >= 0.6 is 11.3 Å². The number of H-pyrrole nitrogens is 1. The monoisotopic (exact) mass is 278 g/mol. The van der Waals surface area contributed by atoms with Crippen LogP contribution in [0.5, 0.6) is 0 Å². The molecule has 0 bridgehead atoms. The van der Waals surface area contributed by atoms with Crippen LogP contribution in [0.25, 0.3) is 32.9 Å². The molecule has 4 nitrogen and oxygen atoms in total. The third-order valence-electron chi connectivity index (χ3n) is 3.13. The summed E-state index contributed by atoms with van der Waals surface area (Å²) in [5.74, 6) is 0. The molecular weight excluding hydrogens is 268 g/mol. The standard InChI is InChI=1S/C15H10N4S/c1-2-5-10(6-3-1)14-15-12(17-18-14)9-11(16-19-15)13-7-4-8-20-13/h1-9H,(H,17,18). The quantitative estimate of drug-likeness (QED) is 0.607. The number of hydrogen-bond acceptors (Lipinski definition) is 4. The van der Waals surface area contributed by atoms with Gasteiger partial charge in [0.05, 0.1) is 10.4 Å². The fourth-order valence-corrected chi connectivity index (χ4v) is 2.84. The molecule has 0 saturated carbocycles. The maximum Gasteiger partial charge on any atom is 0.139 e. The molecule has 4 aromatic rings. The first-order valence-corrected chi connectivity index (χ1v) is 7.11. The van der Waals surface area contributed by atoms with Gasteiger partial charge in [0, 0.05) is 5.56 Å². The van der Waals surface area contributed by atoms with Crippen molar-refractivity contribution in [2.45, 2.75) is 0 Å². The molecule has 96 valence electrons. The van der Waals surface area contributed by atoms with Crippen molar-refractivity contribution in [3.8, 4) is 21.8 Å². The first kappa shape index (κ1) is 11.3. The van der Waals surface area contributed by atoms with Crippen LogP contribution in [0.2, 0.25) is 0 Å². The number of aromatic nitrogens is 4. The van der Waals surface area contributed by atoms with Gasteiger partial charge in [-0.2, -0.15) is 5.10 Å². The second-order valence-electron chi connectivity index (χ2n) is 4.41. The number of hydrogen-bond donors (Lipinski definition) is 1. The summed E-state index contributed by atoms with van der Waals surface area (Å²) in [6, 6.07) is 16.0. The SMILES string of the molecule is c1ccc(-c2n[nH]c3cc(-c4cccs4)nnc23)cc1. The fraction of sp³-hybridized carbons (Fsp3) is 0. The summed E-state index contributed by atoms with van der Waals surface area (Å²) in [4.78, 5) is 1.11. The van der Waals surface area contributed by atoms with Gasteiger partial charge in [0.15, 0.2) is 0 Å². The van der Waals surface area contributed by atoms with Gasteiger partial charge in [-0.3, -0.25) is 5.10 Å². The lowest BCUT2D eigenvalue weighted by molar-refractivity contribution is 1.09. The molecule has 0 aliphatic heterocycles. The molecule has 0 spiro atoms. The Hall–Kier alpha value is -2.53. The minimum Gasteiger partial charge on any atom is -0.275 e. The van der Waals surface area contributed by atoms with Crippen molar-refractivity contribution >= 4 is 22.4 Å². The van der Waals surface area contributed by atoms with E-state index in [9.17, 15) is 0 Å². The molecule has 0 atom stereocenters. The smallest absolute Gasteiger partial charge is 0.139 e. The lowest BCUT2D eigenvalue weighted by Gasteiger charge is -1.97. The summed E-state index contributed by atoms with van der Waals surface area (Å²) in [6.45, 7) is 0. The molecule has 0 unspecified atom stereocenters. The maximum atomic E-state index is 4.36. The average molecular weight is 278 g/mol. The minimum atomic E-state index is 0.802. The Bertz CT molecular complexity index is 850. The number of nitrogens with zero attached hydrogens (tertiary/aromatic N) is 3. The molecule has 5 heteroatoms. The van der Waals surface area contributed by atoms with E-state index in [0.29, 0.717) is 0 Å². The zero-order chi connectivity index (χ0) is 13.4. The molecule has 0 amide bonds. The molecule has 20 heavy (non-hydrogen) atoms. The number of fused-ring (bicyclic) bond motifs is 1. The molecule has 3 heterocycles. The number of benzene rings is 1. The van der Waals surface area contributed by atoms with Gasteiger partial charge in [-0.15, -0.1) is 21.5 Å². The summed E-state index contributed by atoms with van der Waals surface area (Å²) < 4.78 is 0. The second kappa shape index (κ2) is 4.54. The fourth-order valence-electron chi connectivity index (χ4n) is 2.16. The number of thiophene rings is 1. The van der Waals surface area contributed by atoms with Crippen LogP contribution in [0.4, 0.5) is 0 Å². The zero-order valence-electron chi connectivity index (χ0n) is 10.4. The van der Waals surface area contributed by atoms with Crippen molar-refractivity contribution in [3.05, 3.63) is 53.9 Å². The van der Waals surface area contributed by atoms with E-state index >= 15 is 0 Å². The van der Waals surface area contributed by atoms with E-state index < -0.39 is 0 Å². The predicted octanol–water partition coefficient (Wildman–Crippen LogP) is 3.75. The Balaban J connectivity index is 1.87. The summed E-state index contributed by atoms with van der Waals surface area (Å²) in [6.07, 6.45) is 0. The van der Waals surface area contributed by atoms with E-state index in [1.54, 1.807) is 11.3 Å². The number of rotatable bonds is 2. The Morgan fingerprint density at radius 1 is 0.950 bits per heavy atom. The van der Waals surface area contributed by atoms with Crippen LogP contribution in [0.15, 0.2) is 53.9 Å². The number of aromatic amines is 1. The number of nitrogens with one attached hydrogen (secondary N) is 1. The van der Waals surface area contributed by atoms with Gasteiger partial charge < -0.3 is 0 Å². The highest BCUT2D eigenvalue weighted by Gasteiger charge is 2.11. The molecule has 4 rings (SSSR count). The molecule has 0 aliphatic rings. The van der Waals surface area contributed by atoms with Crippen LogP contribution in [-0.4, -0.2) is 20.4 Å². The third-order valence-corrected chi connectivity index (χ3v) is 4.02. The van der Waals surface area contributed by atoms with Gasteiger partial charge in [0.2, 0.25) is 0 Å². The molecule has 0 fully saturated rings. The van der Waals surface area contributed by atoms with Crippen LogP contribution in [0, 0.1) is 0 Å². The van der Waals surface area contributed by atoms with Crippen molar-refractivity contribution < 1.29 is 0 Å². The van der Waals surface area contributed by atoms with E-state index in [2.05, 4.69) is 20.4 Å². The van der Waals surface area contributed by atoms with Crippen LogP contribution in [0.3, 0.4) is 0 Å². The molecule has 3 aromatic heterocycles. The van der Waals surface area contributed by atoms with Crippen molar-refractivity contribution in [1.82, 2.24) is 20.4 Å². The lowest BCUT2D eigenvalue weighted by atomic mass is 10.1. The van der Waals surface area contributed by atoms with Gasteiger partial charge in [0.25, 0.3) is 0 Å². The highest BCUT2D eigenvalue weighted by Crippen LogP contribution is 2.28. The minimum absolute atomic E-state index is 0.802. The van der Waals surface area contributed by atoms with Gasteiger partial charge in [-0.1, -0.05) is 36.4 Å². The normalized spacial score (nSPS) is 11.0. The van der Waals surface area contributed by atoms with Crippen molar-refractivity contribution in [3.63, 3.8) is 0 Å². The first-order valence-electron chi connectivity index (χ1n) is 6.23. The third kappa shape index (κ3) is 1.80. The van der Waals surface area contributed by atoms with E-state index in [1.165, 1.54) is 0 Å². The van der Waals surface area contributed by atoms with Gasteiger partial charge >= 0.3 is 0 Å². The van der Waals surface area contributed by atoms with Crippen LogP contribution in [-0.2, 0) is 0 Å². The molecule has 0 aliphatic carbocycles. The molecule has 0 radical (unpaired) electrons. The van der Waals surface area contributed by atoms with E-state index in [-0.39, 0.29) is 0 Å². The largest absolute Gasteiger partial charge is 0.275 e. The zero-order valence-corrected chi connectivity index (χ0v) is 11.3. The molecule has 1 aromatic carbocycles. The summed E-state index contributed by atoms with van der Waals surface area (Å²) in [7, 11) is 0. The molecule has 1 N–H and O–H groups in total. The second-order valence-corrected chi connectivity index (χ2v) is 5.36. The first-order chi connectivity index (χ1) is 9.92. The Labute approximate surface area is 119 Å². The topological polar surface area (TPSA) is 54.5 Å². The average Bonchev–Trinajstić information content (AvgIpc) is 3.17.